The molecule has 0 radical (unpaired) electrons. The molecule has 1 heterocycles. The Morgan fingerprint density at radius 3 is 1.80 bits per heavy atom. The van der Waals surface area contributed by atoms with E-state index in [9.17, 15) is 9.59 Å². The lowest BCUT2D eigenvalue weighted by atomic mass is 10.1. The summed E-state index contributed by atoms with van der Waals surface area (Å²) in [5.41, 5.74) is 4.26. The number of unbranched alkanes of at least 4 members (excludes halogenated alkanes) is 7. The second-order valence-corrected chi connectivity index (χ2v) is 10.2. The number of carbonyl (C=O) groups excluding carboxylic acids is 1. The number of carboxylic acid groups (broad SMARTS) is 1. The molecule has 0 spiro atoms. The number of hydrogen-bond acceptors (Lipinski definition) is 3. The number of imidazole rings is 1. The normalized spacial score (nSPS) is 10.9. The standard InChI is InChI=1S/C34H39N3O3/c38-30(39)24-16-5-3-1-2-4-6-17-25-35-34(40)32-31(28-20-12-8-13-21-28)36-33(29-22-14-9-15-23-29)37(32)26-27-18-10-7-11-19-27/h7-15,18-23H,1-6,16-17,24-26H2,(H,35,40)(H,38,39). The smallest absolute Gasteiger partial charge is 0.303 e. The van der Waals surface area contributed by atoms with Crippen molar-refractivity contribution in [3.63, 3.8) is 0 Å². The summed E-state index contributed by atoms with van der Waals surface area (Å²) >= 11 is 0. The van der Waals surface area contributed by atoms with Crippen LogP contribution in [-0.4, -0.2) is 33.1 Å². The maximum Gasteiger partial charge on any atom is 0.303 e. The van der Waals surface area contributed by atoms with Crippen molar-refractivity contribution in [3.05, 3.63) is 102 Å². The predicted molar refractivity (Wildman–Crippen MR) is 160 cm³/mol. The monoisotopic (exact) mass is 537 g/mol. The molecule has 0 atom stereocenters. The van der Waals surface area contributed by atoms with Gasteiger partial charge in [0.1, 0.15) is 17.2 Å². The first-order valence-electron chi connectivity index (χ1n) is 14.4. The van der Waals surface area contributed by atoms with Gasteiger partial charge in [0.25, 0.3) is 5.91 Å². The van der Waals surface area contributed by atoms with Crippen LogP contribution in [0.4, 0.5) is 0 Å². The van der Waals surface area contributed by atoms with E-state index in [-0.39, 0.29) is 12.3 Å². The van der Waals surface area contributed by atoms with E-state index in [2.05, 4.69) is 17.4 Å². The van der Waals surface area contributed by atoms with E-state index < -0.39 is 5.97 Å². The molecule has 0 bridgehead atoms. The van der Waals surface area contributed by atoms with Gasteiger partial charge in [-0.3, -0.25) is 9.59 Å². The Morgan fingerprint density at radius 2 is 1.20 bits per heavy atom. The molecule has 4 rings (SSSR count). The van der Waals surface area contributed by atoms with Crippen LogP contribution in [0.3, 0.4) is 0 Å². The Hall–Kier alpha value is -4.19. The number of aromatic nitrogens is 2. The summed E-state index contributed by atoms with van der Waals surface area (Å²) in [6, 6.07) is 30.1. The molecule has 3 aromatic carbocycles. The zero-order chi connectivity index (χ0) is 28.0. The third kappa shape index (κ3) is 8.40. The van der Waals surface area contributed by atoms with Crippen molar-refractivity contribution in [1.82, 2.24) is 14.9 Å². The van der Waals surface area contributed by atoms with Crippen LogP contribution < -0.4 is 5.32 Å². The number of amides is 1. The van der Waals surface area contributed by atoms with Gasteiger partial charge in [-0.15, -0.1) is 0 Å². The van der Waals surface area contributed by atoms with Crippen LogP contribution in [0.5, 0.6) is 0 Å². The second-order valence-electron chi connectivity index (χ2n) is 10.2. The van der Waals surface area contributed by atoms with Gasteiger partial charge in [0.15, 0.2) is 0 Å². The number of hydrogen-bond donors (Lipinski definition) is 2. The molecule has 1 aromatic heterocycles. The molecule has 0 aliphatic carbocycles. The van der Waals surface area contributed by atoms with E-state index >= 15 is 0 Å². The summed E-state index contributed by atoms with van der Waals surface area (Å²) in [7, 11) is 0. The first-order valence-corrected chi connectivity index (χ1v) is 14.4. The van der Waals surface area contributed by atoms with Crippen LogP contribution in [0.1, 0.15) is 73.8 Å². The van der Waals surface area contributed by atoms with Crippen molar-refractivity contribution < 1.29 is 14.7 Å². The maximum atomic E-state index is 13.8. The molecule has 0 unspecified atom stereocenters. The van der Waals surface area contributed by atoms with Gasteiger partial charge >= 0.3 is 5.97 Å². The highest BCUT2D eigenvalue weighted by Gasteiger charge is 2.25. The van der Waals surface area contributed by atoms with E-state index in [1.807, 2.05) is 83.4 Å². The number of benzene rings is 3. The van der Waals surface area contributed by atoms with Crippen LogP contribution in [-0.2, 0) is 11.3 Å². The van der Waals surface area contributed by atoms with Gasteiger partial charge in [-0.2, -0.15) is 0 Å². The van der Waals surface area contributed by atoms with Gasteiger partial charge in [-0.05, 0) is 18.4 Å². The van der Waals surface area contributed by atoms with E-state index in [0.29, 0.717) is 24.5 Å². The summed E-state index contributed by atoms with van der Waals surface area (Å²) in [6.07, 6.45) is 8.46. The minimum Gasteiger partial charge on any atom is -0.481 e. The molecular weight excluding hydrogens is 498 g/mol. The van der Waals surface area contributed by atoms with E-state index in [1.54, 1.807) is 0 Å². The molecule has 2 N–H and O–H groups in total. The number of nitrogens with zero attached hydrogens (tertiary/aromatic N) is 2. The molecule has 0 aliphatic heterocycles. The van der Waals surface area contributed by atoms with E-state index in [1.165, 1.54) is 0 Å². The SMILES string of the molecule is O=C(O)CCCCCCCCCCNC(=O)c1c(-c2ccccc2)nc(-c2ccccc2)n1Cc1ccccc1. The molecule has 6 nitrogen and oxygen atoms in total. The Bertz CT molecular complexity index is 1340. The quantitative estimate of drug-likeness (QED) is 0.144. The fourth-order valence-corrected chi connectivity index (χ4v) is 4.96. The van der Waals surface area contributed by atoms with Crippen molar-refractivity contribution in [3.8, 4) is 22.6 Å². The lowest BCUT2D eigenvalue weighted by Gasteiger charge is -2.14. The third-order valence-electron chi connectivity index (χ3n) is 7.05. The number of aliphatic carboxylic acids is 1. The number of rotatable bonds is 16. The minimum atomic E-state index is -0.711. The Kier molecular flexibility index (Phi) is 11.1. The van der Waals surface area contributed by atoms with Gasteiger partial charge in [0, 0.05) is 30.6 Å². The first-order chi connectivity index (χ1) is 19.6. The summed E-state index contributed by atoms with van der Waals surface area (Å²) in [4.78, 5) is 29.4. The summed E-state index contributed by atoms with van der Waals surface area (Å²) in [5, 5.41) is 11.9. The van der Waals surface area contributed by atoms with Crippen molar-refractivity contribution in [2.24, 2.45) is 0 Å². The molecule has 0 saturated heterocycles. The third-order valence-corrected chi connectivity index (χ3v) is 7.05. The van der Waals surface area contributed by atoms with E-state index in [4.69, 9.17) is 10.1 Å². The van der Waals surface area contributed by atoms with Gasteiger partial charge in [0.05, 0.1) is 0 Å². The first kappa shape index (κ1) is 28.8. The predicted octanol–water partition coefficient (Wildman–Crippen LogP) is 7.59. The molecular formula is C34H39N3O3. The average Bonchev–Trinajstić information content (AvgIpc) is 3.36. The van der Waals surface area contributed by atoms with Crippen LogP contribution in [0.15, 0.2) is 91.0 Å². The van der Waals surface area contributed by atoms with Crippen LogP contribution in [0, 0.1) is 0 Å². The van der Waals surface area contributed by atoms with Crippen LogP contribution in [0.2, 0.25) is 0 Å². The van der Waals surface area contributed by atoms with Crippen LogP contribution >= 0.6 is 0 Å². The molecule has 0 saturated carbocycles. The zero-order valence-corrected chi connectivity index (χ0v) is 23.1. The van der Waals surface area contributed by atoms with Gasteiger partial charge in [0.2, 0.25) is 0 Å². The van der Waals surface area contributed by atoms with Crippen molar-refractivity contribution in [2.75, 3.05) is 6.54 Å². The number of carbonyl (C=O) groups is 2. The van der Waals surface area contributed by atoms with Crippen LogP contribution in [0.25, 0.3) is 22.6 Å². The average molecular weight is 538 g/mol. The maximum absolute atomic E-state index is 13.8. The van der Waals surface area contributed by atoms with Gasteiger partial charge in [-0.1, -0.05) is 130 Å². The molecule has 0 fully saturated rings. The Morgan fingerprint density at radius 1 is 0.675 bits per heavy atom. The summed E-state index contributed by atoms with van der Waals surface area (Å²) in [5.74, 6) is -0.0444. The molecule has 1 amide bonds. The molecule has 208 valence electrons. The highest BCUT2D eigenvalue weighted by atomic mass is 16.4. The topological polar surface area (TPSA) is 84.2 Å². The molecule has 0 aliphatic rings. The summed E-state index contributed by atoms with van der Waals surface area (Å²) in [6.45, 7) is 1.16. The van der Waals surface area contributed by atoms with E-state index in [0.717, 1.165) is 73.9 Å². The Labute approximate surface area is 237 Å². The largest absolute Gasteiger partial charge is 0.481 e. The number of carboxylic acids is 1. The minimum absolute atomic E-state index is 0.108. The Balaban J connectivity index is 1.45. The number of nitrogens with one attached hydrogen (secondary N) is 1. The molecule has 40 heavy (non-hydrogen) atoms. The lowest BCUT2D eigenvalue weighted by Crippen LogP contribution is -2.28. The molecule has 6 heteroatoms. The lowest BCUT2D eigenvalue weighted by molar-refractivity contribution is -0.137. The van der Waals surface area contributed by atoms with Crippen molar-refractivity contribution >= 4 is 11.9 Å². The second kappa shape index (κ2) is 15.4. The van der Waals surface area contributed by atoms with Gasteiger partial charge in [-0.25, -0.2) is 4.98 Å². The highest BCUT2D eigenvalue weighted by Crippen LogP contribution is 2.30. The highest BCUT2D eigenvalue weighted by molar-refractivity contribution is 5.99. The fourth-order valence-electron chi connectivity index (χ4n) is 4.96. The fraction of sp³-hybridized carbons (Fsp3) is 0.324. The van der Waals surface area contributed by atoms with Crippen molar-refractivity contribution in [2.45, 2.75) is 64.3 Å². The summed E-state index contributed by atoms with van der Waals surface area (Å²) < 4.78 is 2.05. The molecule has 4 aromatic rings. The van der Waals surface area contributed by atoms with Crippen molar-refractivity contribution in [1.29, 1.82) is 0 Å². The zero-order valence-electron chi connectivity index (χ0n) is 23.1. The van der Waals surface area contributed by atoms with Gasteiger partial charge < -0.3 is 15.0 Å².